The smallest absolute Gasteiger partial charge is 0.255 e. The summed E-state index contributed by atoms with van der Waals surface area (Å²) in [6, 6.07) is 14.6. The molecule has 9 heteroatoms. The molecule has 36 heavy (non-hydrogen) atoms. The highest BCUT2D eigenvalue weighted by atomic mass is 16.5. The molecule has 9 nitrogen and oxygen atoms in total. The van der Waals surface area contributed by atoms with Gasteiger partial charge in [0.2, 0.25) is 17.7 Å². The summed E-state index contributed by atoms with van der Waals surface area (Å²) in [6.45, 7) is 0.329. The maximum absolute atomic E-state index is 13.1. The standard InChI is InChI=1S/C27H32N4O5/c32-24-14-13-21(27(35)29-19-9-6-10-19)31-25(33)20-11-4-5-12-23(20)36-16-15-28-26(34)22(30-24)17-18-7-2-1-3-8-18/h1-5,7-8,11-12,19,21-22H,6,9-10,13-17H2,(H,28,34)(H,29,35)(H,30,32)(H,31,33)/t21-,22+/m0/s1. The number of ether oxygens (including phenoxy) is 1. The lowest BCUT2D eigenvalue weighted by Gasteiger charge is -2.29. The van der Waals surface area contributed by atoms with Gasteiger partial charge in [-0.15, -0.1) is 0 Å². The largest absolute Gasteiger partial charge is 0.491 e. The van der Waals surface area contributed by atoms with Crippen LogP contribution in [0.1, 0.15) is 48.0 Å². The predicted molar refractivity (Wildman–Crippen MR) is 133 cm³/mol. The normalized spacial score (nSPS) is 21.7. The van der Waals surface area contributed by atoms with Crippen LogP contribution in [0.2, 0.25) is 0 Å². The minimum Gasteiger partial charge on any atom is -0.491 e. The van der Waals surface area contributed by atoms with Gasteiger partial charge in [-0.3, -0.25) is 19.2 Å². The van der Waals surface area contributed by atoms with Gasteiger partial charge in [-0.2, -0.15) is 0 Å². The molecule has 190 valence electrons. The number of carbonyl (C=O) groups is 4. The number of carbonyl (C=O) groups excluding carboxylic acids is 4. The van der Waals surface area contributed by atoms with E-state index in [2.05, 4.69) is 21.3 Å². The lowest BCUT2D eigenvalue weighted by molar-refractivity contribution is -0.129. The van der Waals surface area contributed by atoms with Crippen LogP contribution in [0.5, 0.6) is 5.75 Å². The number of hydrogen-bond donors (Lipinski definition) is 4. The van der Waals surface area contributed by atoms with Crippen LogP contribution in [0.15, 0.2) is 54.6 Å². The molecule has 2 aromatic rings. The second-order valence-corrected chi connectivity index (χ2v) is 9.15. The van der Waals surface area contributed by atoms with Crippen LogP contribution >= 0.6 is 0 Å². The lowest BCUT2D eigenvalue weighted by Crippen LogP contribution is -2.52. The third kappa shape index (κ3) is 6.84. The zero-order chi connectivity index (χ0) is 25.3. The molecule has 0 radical (unpaired) electrons. The Kier molecular flexibility index (Phi) is 8.54. The molecule has 1 heterocycles. The summed E-state index contributed by atoms with van der Waals surface area (Å²) in [5.74, 6) is -1.11. The fourth-order valence-electron chi connectivity index (χ4n) is 4.20. The number of benzene rings is 2. The van der Waals surface area contributed by atoms with E-state index >= 15 is 0 Å². The van der Waals surface area contributed by atoms with E-state index in [1.54, 1.807) is 24.3 Å². The molecule has 0 bridgehead atoms. The Hall–Kier alpha value is -3.88. The Morgan fingerprint density at radius 3 is 2.44 bits per heavy atom. The summed E-state index contributed by atoms with van der Waals surface area (Å²) in [7, 11) is 0. The Morgan fingerprint density at radius 1 is 0.944 bits per heavy atom. The molecule has 1 fully saturated rings. The third-order valence-electron chi connectivity index (χ3n) is 6.46. The molecule has 4 rings (SSSR count). The van der Waals surface area contributed by atoms with Crippen molar-refractivity contribution in [2.24, 2.45) is 0 Å². The maximum Gasteiger partial charge on any atom is 0.255 e. The van der Waals surface area contributed by atoms with Crippen LogP contribution < -0.4 is 26.0 Å². The minimum absolute atomic E-state index is 0.0280. The summed E-state index contributed by atoms with van der Waals surface area (Å²) in [4.78, 5) is 51.8. The first-order valence-electron chi connectivity index (χ1n) is 12.4. The maximum atomic E-state index is 13.1. The molecular formula is C27H32N4O5. The molecule has 2 aromatic carbocycles. The molecular weight excluding hydrogens is 460 g/mol. The van der Waals surface area contributed by atoms with E-state index in [1.807, 2.05) is 30.3 Å². The average molecular weight is 493 g/mol. The molecule has 4 amide bonds. The summed E-state index contributed by atoms with van der Waals surface area (Å²) < 4.78 is 5.78. The van der Waals surface area contributed by atoms with Crippen LogP contribution in [0.3, 0.4) is 0 Å². The zero-order valence-corrected chi connectivity index (χ0v) is 20.1. The molecule has 1 aliphatic heterocycles. The van der Waals surface area contributed by atoms with Crippen LogP contribution in [0.25, 0.3) is 0 Å². The van der Waals surface area contributed by atoms with Crippen molar-refractivity contribution in [1.29, 1.82) is 0 Å². The van der Waals surface area contributed by atoms with Crippen molar-refractivity contribution in [3.63, 3.8) is 0 Å². The number of nitrogens with one attached hydrogen (secondary N) is 4. The van der Waals surface area contributed by atoms with E-state index in [0.717, 1.165) is 24.8 Å². The highest BCUT2D eigenvalue weighted by Gasteiger charge is 2.29. The van der Waals surface area contributed by atoms with E-state index in [0.29, 0.717) is 12.2 Å². The highest BCUT2D eigenvalue weighted by Crippen LogP contribution is 2.20. The first-order chi connectivity index (χ1) is 17.5. The summed E-state index contributed by atoms with van der Waals surface area (Å²) in [6.07, 6.45) is 3.25. The van der Waals surface area contributed by atoms with Crippen molar-refractivity contribution < 1.29 is 23.9 Å². The van der Waals surface area contributed by atoms with Gasteiger partial charge < -0.3 is 26.0 Å². The Balaban J connectivity index is 1.54. The Morgan fingerprint density at radius 2 is 1.69 bits per heavy atom. The van der Waals surface area contributed by atoms with Crippen molar-refractivity contribution in [1.82, 2.24) is 21.3 Å². The van der Waals surface area contributed by atoms with E-state index < -0.39 is 18.0 Å². The van der Waals surface area contributed by atoms with Crippen molar-refractivity contribution in [3.05, 3.63) is 65.7 Å². The van der Waals surface area contributed by atoms with Crippen molar-refractivity contribution in [2.45, 2.75) is 56.7 Å². The van der Waals surface area contributed by atoms with Gasteiger partial charge in [-0.05, 0) is 43.4 Å². The van der Waals surface area contributed by atoms with E-state index in [9.17, 15) is 19.2 Å². The highest BCUT2D eigenvalue weighted by molar-refractivity contribution is 6.00. The fourth-order valence-corrected chi connectivity index (χ4v) is 4.20. The molecule has 2 aliphatic rings. The van der Waals surface area contributed by atoms with Gasteiger partial charge in [0.1, 0.15) is 24.4 Å². The van der Waals surface area contributed by atoms with Gasteiger partial charge >= 0.3 is 0 Å². The Bertz CT molecular complexity index is 1090. The van der Waals surface area contributed by atoms with Crippen LogP contribution in [-0.4, -0.2) is 54.9 Å². The van der Waals surface area contributed by atoms with Crippen LogP contribution in [-0.2, 0) is 20.8 Å². The number of fused-ring (bicyclic) bond motifs is 1. The van der Waals surface area contributed by atoms with E-state index in [4.69, 9.17) is 4.74 Å². The van der Waals surface area contributed by atoms with Gasteiger partial charge in [-0.25, -0.2) is 0 Å². The fraction of sp³-hybridized carbons (Fsp3) is 0.407. The second-order valence-electron chi connectivity index (χ2n) is 9.15. The predicted octanol–water partition coefficient (Wildman–Crippen LogP) is 1.47. The molecule has 1 saturated carbocycles. The van der Waals surface area contributed by atoms with Crippen molar-refractivity contribution >= 4 is 23.6 Å². The number of para-hydroxylation sites is 1. The third-order valence-corrected chi connectivity index (χ3v) is 6.46. The van der Waals surface area contributed by atoms with E-state index in [-0.39, 0.29) is 55.3 Å². The topological polar surface area (TPSA) is 126 Å². The Labute approximate surface area is 210 Å². The molecule has 0 spiro atoms. The molecule has 4 N–H and O–H groups in total. The minimum atomic E-state index is -0.900. The van der Waals surface area contributed by atoms with Gasteiger partial charge in [-0.1, -0.05) is 42.5 Å². The van der Waals surface area contributed by atoms with Gasteiger partial charge in [0.15, 0.2) is 0 Å². The summed E-state index contributed by atoms with van der Waals surface area (Å²) >= 11 is 0. The lowest BCUT2D eigenvalue weighted by atomic mass is 9.92. The van der Waals surface area contributed by atoms with Crippen molar-refractivity contribution in [2.75, 3.05) is 13.2 Å². The van der Waals surface area contributed by atoms with Gasteiger partial charge in [0.25, 0.3) is 5.91 Å². The zero-order valence-electron chi connectivity index (χ0n) is 20.1. The molecule has 0 unspecified atom stereocenters. The average Bonchev–Trinajstić information content (AvgIpc) is 2.86. The molecule has 0 aromatic heterocycles. The number of amides is 4. The second kappa shape index (κ2) is 12.2. The first kappa shape index (κ1) is 25.2. The van der Waals surface area contributed by atoms with Gasteiger partial charge in [0, 0.05) is 18.9 Å². The summed E-state index contributed by atoms with van der Waals surface area (Å²) in [5, 5.41) is 11.3. The van der Waals surface area contributed by atoms with Crippen molar-refractivity contribution in [3.8, 4) is 5.75 Å². The van der Waals surface area contributed by atoms with E-state index in [1.165, 1.54) is 0 Å². The molecule has 1 aliphatic carbocycles. The monoisotopic (exact) mass is 492 g/mol. The first-order valence-corrected chi connectivity index (χ1v) is 12.4. The quantitative estimate of drug-likeness (QED) is 0.514. The van der Waals surface area contributed by atoms with Crippen LogP contribution in [0, 0.1) is 0 Å². The molecule has 2 atom stereocenters. The van der Waals surface area contributed by atoms with Crippen LogP contribution in [0.4, 0.5) is 0 Å². The summed E-state index contributed by atoms with van der Waals surface area (Å²) in [5.41, 5.74) is 1.19. The van der Waals surface area contributed by atoms with Gasteiger partial charge in [0.05, 0.1) is 12.1 Å². The molecule has 0 saturated heterocycles. The number of rotatable bonds is 4. The number of hydrogen-bond acceptors (Lipinski definition) is 5. The SMILES string of the molecule is O=C1CC[C@@H](C(=O)NC2CCC2)NC(=O)c2ccccc2OCCNC(=O)[C@@H](Cc2ccccc2)N1.